The number of nitrogens with zero attached hydrogens (tertiary/aromatic N) is 1. The van der Waals surface area contributed by atoms with Crippen molar-refractivity contribution in [3.63, 3.8) is 0 Å². The molecule has 0 saturated carbocycles. The fraction of sp³-hybridized carbons (Fsp3) is 0.529. The molecule has 1 aromatic rings. The summed E-state index contributed by atoms with van der Waals surface area (Å²) in [6.45, 7) is 6.03. The van der Waals surface area contributed by atoms with Crippen LogP contribution < -0.4 is 10.6 Å². The van der Waals surface area contributed by atoms with E-state index in [1.54, 1.807) is 20.8 Å². The van der Waals surface area contributed by atoms with Crippen LogP contribution in [0.2, 0.25) is 0 Å². The van der Waals surface area contributed by atoms with Gasteiger partial charge in [-0.25, -0.2) is 19.0 Å². The summed E-state index contributed by atoms with van der Waals surface area (Å²) in [4.78, 5) is 39.3. The molecule has 0 aromatic carbocycles. The molecule has 0 radical (unpaired) electrons. The van der Waals surface area contributed by atoms with Crippen molar-refractivity contribution in [2.75, 3.05) is 7.11 Å². The van der Waals surface area contributed by atoms with Crippen molar-refractivity contribution in [3.05, 3.63) is 29.3 Å². The minimum absolute atomic E-state index is 0.194. The van der Waals surface area contributed by atoms with Gasteiger partial charge in [0.1, 0.15) is 17.1 Å². The molecule has 0 fully saturated rings. The van der Waals surface area contributed by atoms with Gasteiger partial charge in [-0.2, -0.15) is 0 Å². The molecule has 10 heteroatoms. The van der Waals surface area contributed by atoms with Crippen molar-refractivity contribution in [1.82, 2.24) is 15.6 Å². The number of halogens is 1. The molecule has 2 amide bonds. The SMILES string of the molecule is COC(=O)C(NC(=O)c1ccc(F)c(CNC(=O)OC(C)(C)C)n1)C(C)O. The Morgan fingerprint density at radius 2 is 1.93 bits per heavy atom. The zero-order valence-electron chi connectivity index (χ0n) is 15.8. The number of aromatic nitrogens is 1. The molecule has 1 rings (SSSR count). The van der Waals surface area contributed by atoms with E-state index >= 15 is 0 Å². The van der Waals surface area contributed by atoms with Crippen LogP contribution in [0.5, 0.6) is 0 Å². The Kier molecular flexibility index (Phi) is 7.65. The van der Waals surface area contributed by atoms with Gasteiger partial charge in [0.25, 0.3) is 5.91 Å². The van der Waals surface area contributed by atoms with E-state index in [4.69, 9.17) is 4.74 Å². The van der Waals surface area contributed by atoms with Gasteiger partial charge in [-0.05, 0) is 39.8 Å². The Balaban J connectivity index is 2.86. The molecular formula is C17H24FN3O6. The quantitative estimate of drug-likeness (QED) is 0.621. The molecular weight excluding hydrogens is 361 g/mol. The largest absolute Gasteiger partial charge is 0.467 e. The van der Waals surface area contributed by atoms with Crippen LogP contribution in [0.15, 0.2) is 12.1 Å². The van der Waals surface area contributed by atoms with Crippen molar-refractivity contribution in [3.8, 4) is 0 Å². The summed E-state index contributed by atoms with van der Waals surface area (Å²) in [6, 6.07) is 0.805. The third kappa shape index (κ3) is 7.18. The minimum atomic E-state index is -1.31. The topological polar surface area (TPSA) is 127 Å². The molecule has 0 aliphatic carbocycles. The lowest BCUT2D eigenvalue weighted by Crippen LogP contribution is -2.48. The molecule has 0 aliphatic heterocycles. The van der Waals surface area contributed by atoms with Gasteiger partial charge >= 0.3 is 12.1 Å². The van der Waals surface area contributed by atoms with Crippen LogP contribution in [0.4, 0.5) is 9.18 Å². The number of nitrogens with one attached hydrogen (secondary N) is 2. The Morgan fingerprint density at radius 3 is 2.44 bits per heavy atom. The third-order valence-corrected chi connectivity index (χ3v) is 3.17. The third-order valence-electron chi connectivity index (χ3n) is 3.17. The highest BCUT2D eigenvalue weighted by Crippen LogP contribution is 2.09. The maximum atomic E-state index is 13.9. The molecule has 1 aromatic heterocycles. The van der Waals surface area contributed by atoms with E-state index in [1.165, 1.54) is 6.92 Å². The molecule has 0 saturated heterocycles. The lowest BCUT2D eigenvalue weighted by Gasteiger charge is -2.20. The zero-order valence-corrected chi connectivity index (χ0v) is 15.8. The normalized spacial score (nSPS) is 13.3. The molecule has 9 nitrogen and oxygen atoms in total. The van der Waals surface area contributed by atoms with Crippen LogP contribution in [0.1, 0.15) is 43.9 Å². The lowest BCUT2D eigenvalue weighted by atomic mass is 10.1. The van der Waals surface area contributed by atoms with Crippen LogP contribution in [0.3, 0.4) is 0 Å². The van der Waals surface area contributed by atoms with Gasteiger partial charge in [0, 0.05) is 0 Å². The molecule has 1 heterocycles. The maximum absolute atomic E-state index is 13.9. The standard InChI is InChI=1S/C17H24FN3O6/c1-9(22)13(15(24)26-5)21-14(23)11-7-6-10(18)12(20-11)8-19-16(25)27-17(2,3)4/h6-7,9,13,22H,8H2,1-5H3,(H,19,25)(H,21,23). The number of rotatable bonds is 6. The summed E-state index contributed by atoms with van der Waals surface area (Å²) in [5, 5.41) is 14.2. The first-order chi connectivity index (χ1) is 12.4. The minimum Gasteiger partial charge on any atom is -0.467 e. The Hall–Kier alpha value is -2.75. The van der Waals surface area contributed by atoms with E-state index in [0.29, 0.717) is 0 Å². The van der Waals surface area contributed by atoms with Gasteiger partial charge in [0.2, 0.25) is 0 Å². The molecule has 2 atom stereocenters. The molecule has 27 heavy (non-hydrogen) atoms. The van der Waals surface area contributed by atoms with Crippen molar-refractivity contribution in [2.45, 2.75) is 52.0 Å². The molecule has 2 unspecified atom stereocenters. The average molecular weight is 385 g/mol. The first-order valence-electron chi connectivity index (χ1n) is 8.13. The number of aliphatic hydroxyl groups excluding tert-OH is 1. The van der Waals surface area contributed by atoms with Crippen molar-refractivity contribution < 1.29 is 33.4 Å². The van der Waals surface area contributed by atoms with Crippen LogP contribution >= 0.6 is 0 Å². The summed E-state index contributed by atoms with van der Waals surface area (Å²) >= 11 is 0. The van der Waals surface area contributed by atoms with E-state index in [1.807, 2.05) is 0 Å². The number of carbonyl (C=O) groups excluding carboxylic acids is 3. The first kappa shape index (κ1) is 22.3. The number of pyridine rings is 1. The van der Waals surface area contributed by atoms with Gasteiger partial charge in [-0.15, -0.1) is 0 Å². The first-order valence-corrected chi connectivity index (χ1v) is 8.13. The maximum Gasteiger partial charge on any atom is 0.407 e. The number of alkyl carbamates (subject to hydrolysis) is 1. The summed E-state index contributed by atoms with van der Waals surface area (Å²) < 4.78 is 23.4. The van der Waals surface area contributed by atoms with Crippen molar-refractivity contribution in [1.29, 1.82) is 0 Å². The number of methoxy groups -OCH3 is 1. The fourth-order valence-electron chi connectivity index (χ4n) is 1.92. The smallest absolute Gasteiger partial charge is 0.407 e. The van der Waals surface area contributed by atoms with E-state index in [0.717, 1.165) is 19.2 Å². The van der Waals surface area contributed by atoms with Crippen LogP contribution in [0, 0.1) is 5.82 Å². The van der Waals surface area contributed by atoms with Crippen molar-refractivity contribution >= 4 is 18.0 Å². The highest BCUT2D eigenvalue weighted by atomic mass is 19.1. The molecule has 3 N–H and O–H groups in total. The van der Waals surface area contributed by atoms with E-state index in [-0.39, 0.29) is 17.9 Å². The summed E-state index contributed by atoms with van der Waals surface area (Å²) in [5.74, 6) is -2.39. The van der Waals surface area contributed by atoms with Crippen LogP contribution in [0.25, 0.3) is 0 Å². The number of hydrogen-bond donors (Lipinski definition) is 3. The van der Waals surface area contributed by atoms with Crippen LogP contribution in [-0.2, 0) is 20.8 Å². The van der Waals surface area contributed by atoms with Gasteiger partial charge in [-0.3, -0.25) is 4.79 Å². The summed E-state index contributed by atoms with van der Waals surface area (Å²) in [6.07, 6.45) is -1.98. The molecule has 0 aliphatic rings. The predicted molar refractivity (Wildman–Crippen MR) is 92.2 cm³/mol. The second-order valence-electron chi connectivity index (χ2n) is 6.70. The molecule has 0 bridgehead atoms. The summed E-state index contributed by atoms with van der Waals surface area (Å²) in [7, 11) is 1.11. The highest BCUT2D eigenvalue weighted by molar-refractivity contribution is 5.95. The zero-order chi connectivity index (χ0) is 20.8. The number of ether oxygens (including phenoxy) is 2. The molecule has 0 spiro atoms. The average Bonchev–Trinajstić information content (AvgIpc) is 2.56. The van der Waals surface area contributed by atoms with Crippen LogP contribution in [-0.4, -0.2) is 52.9 Å². The second kappa shape index (κ2) is 9.26. The van der Waals surface area contributed by atoms with Gasteiger partial charge in [-0.1, -0.05) is 0 Å². The highest BCUT2D eigenvalue weighted by Gasteiger charge is 2.27. The fourth-order valence-corrected chi connectivity index (χ4v) is 1.92. The second-order valence-corrected chi connectivity index (χ2v) is 6.70. The van der Waals surface area contributed by atoms with E-state index in [9.17, 15) is 23.9 Å². The summed E-state index contributed by atoms with van der Waals surface area (Å²) in [5.41, 5.74) is -1.12. The van der Waals surface area contributed by atoms with Gasteiger partial charge in [0.15, 0.2) is 6.04 Å². The Bertz CT molecular complexity index is 702. The number of esters is 1. The monoisotopic (exact) mass is 385 g/mol. The van der Waals surface area contributed by atoms with E-state index < -0.39 is 41.5 Å². The number of hydrogen-bond acceptors (Lipinski definition) is 7. The van der Waals surface area contributed by atoms with Crippen molar-refractivity contribution in [2.24, 2.45) is 0 Å². The van der Waals surface area contributed by atoms with Gasteiger partial charge < -0.3 is 25.2 Å². The lowest BCUT2D eigenvalue weighted by molar-refractivity contribution is -0.145. The van der Waals surface area contributed by atoms with Gasteiger partial charge in [0.05, 0.1) is 25.5 Å². The Labute approximate surface area is 156 Å². The number of amides is 2. The molecule has 150 valence electrons. The Morgan fingerprint density at radius 1 is 1.30 bits per heavy atom. The number of aliphatic hydroxyl groups is 1. The van der Waals surface area contributed by atoms with E-state index in [2.05, 4.69) is 20.4 Å². The number of carbonyl (C=O) groups is 3. The predicted octanol–water partition coefficient (Wildman–Crippen LogP) is 0.898.